The first-order valence-electron chi connectivity index (χ1n) is 5.88. The molecule has 0 aromatic carbocycles. The standard InChI is InChI=1S/C11H19N3O/c12-7-10-3-4-13-8-11(10)9-15-14-5-1-2-6-14/h10-11,13H,1-6,8-9H2. The van der Waals surface area contributed by atoms with E-state index in [1.54, 1.807) is 0 Å². The van der Waals surface area contributed by atoms with Crippen molar-refractivity contribution < 1.29 is 4.84 Å². The number of nitriles is 1. The summed E-state index contributed by atoms with van der Waals surface area (Å²) < 4.78 is 0. The summed E-state index contributed by atoms with van der Waals surface area (Å²) >= 11 is 0. The summed E-state index contributed by atoms with van der Waals surface area (Å²) in [5, 5.41) is 14.4. The third kappa shape index (κ3) is 2.91. The van der Waals surface area contributed by atoms with Gasteiger partial charge in [-0.05, 0) is 25.8 Å². The number of nitrogens with zero attached hydrogens (tertiary/aromatic N) is 2. The van der Waals surface area contributed by atoms with Crippen molar-refractivity contribution in [1.29, 1.82) is 5.26 Å². The molecule has 2 saturated heterocycles. The molecule has 0 aromatic rings. The van der Waals surface area contributed by atoms with Crippen LogP contribution in [-0.4, -0.2) is 37.8 Å². The molecule has 0 amide bonds. The molecule has 4 heteroatoms. The molecular weight excluding hydrogens is 190 g/mol. The van der Waals surface area contributed by atoms with Crippen molar-refractivity contribution in [1.82, 2.24) is 10.4 Å². The van der Waals surface area contributed by atoms with Crippen molar-refractivity contribution in [3.63, 3.8) is 0 Å². The summed E-state index contributed by atoms with van der Waals surface area (Å²) in [4.78, 5) is 5.72. The van der Waals surface area contributed by atoms with Crippen molar-refractivity contribution in [2.24, 2.45) is 11.8 Å². The van der Waals surface area contributed by atoms with Crippen LogP contribution in [0.5, 0.6) is 0 Å². The third-order valence-electron chi connectivity index (χ3n) is 3.31. The van der Waals surface area contributed by atoms with Crippen molar-refractivity contribution in [2.45, 2.75) is 19.3 Å². The van der Waals surface area contributed by atoms with Gasteiger partial charge in [0.25, 0.3) is 0 Å². The summed E-state index contributed by atoms with van der Waals surface area (Å²) in [5.41, 5.74) is 0. The quantitative estimate of drug-likeness (QED) is 0.745. The smallest absolute Gasteiger partial charge is 0.0738 e. The van der Waals surface area contributed by atoms with Crippen LogP contribution in [0, 0.1) is 23.2 Å². The largest absolute Gasteiger partial charge is 0.316 e. The molecule has 1 N–H and O–H groups in total. The SMILES string of the molecule is N#CC1CCNCC1CON1CCCC1. The molecule has 2 rings (SSSR count). The maximum absolute atomic E-state index is 9.01. The fraction of sp³-hybridized carbons (Fsp3) is 0.909. The molecular formula is C11H19N3O. The summed E-state index contributed by atoms with van der Waals surface area (Å²) in [6, 6.07) is 2.39. The van der Waals surface area contributed by atoms with Crippen LogP contribution in [0.25, 0.3) is 0 Å². The van der Waals surface area contributed by atoms with E-state index in [1.165, 1.54) is 12.8 Å². The second kappa shape index (κ2) is 5.45. The Morgan fingerprint density at radius 2 is 2.20 bits per heavy atom. The average Bonchev–Trinajstić information content (AvgIpc) is 2.79. The van der Waals surface area contributed by atoms with Gasteiger partial charge in [-0.25, -0.2) is 0 Å². The molecule has 2 heterocycles. The minimum Gasteiger partial charge on any atom is -0.316 e. The van der Waals surface area contributed by atoms with Gasteiger partial charge in [0, 0.05) is 25.6 Å². The molecule has 2 atom stereocenters. The number of hydrogen-bond donors (Lipinski definition) is 1. The third-order valence-corrected chi connectivity index (χ3v) is 3.31. The van der Waals surface area contributed by atoms with Crippen LogP contribution < -0.4 is 5.32 Å². The zero-order chi connectivity index (χ0) is 10.5. The zero-order valence-corrected chi connectivity index (χ0v) is 9.11. The maximum Gasteiger partial charge on any atom is 0.0738 e. The molecule has 2 aliphatic rings. The monoisotopic (exact) mass is 209 g/mol. The van der Waals surface area contributed by atoms with E-state index in [-0.39, 0.29) is 5.92 Å². The lowest BCUT2D eigenvalue weighted by molar-refractivity contribution is -0.158. The lowest BCUT2D eigenvalue weighted by Crippen LogP contribution is -2.39. The van der Waals surface area contributed by atoms with Crippen molar-refractivity contribution >= 4 is 0 Å². The molecule has 84 valence electrons. The zero-order valence-electron chi connectivity index (χ0n) is 9.11. The van der Waals surface area contributed by atoms with Gasteiger partial charge >= 0.3 is 0 Å². The predicted octanol–water partition coefficient (Wildman–Crippen LogP) is 0.763. The Labute approximate surface area is 91.1 Å². The lowest BCUT2D eigenvalue weighted by atomic mass is 9.88. The first-order valence-corrected chi connectivity index (χ1v) is 5.88. The van der Waals surface area contributed by atoms with Crippen LogP contribution in [0.15, 0.2) is 0 Å². The molecule has 0 saturated carbocycles. The summed E-state index contributed by atoms with van der Waals surface area (Å²) in [7, 11) is 0. The highest BCUT2D eigenvalue weighted by atomic mass is 16.7. The van der Waals surface area contributed by atoms with E-state index in [1.807, 2.05) is 5.06 Å². The van der Waals surface area contributed by atoms with E-state index >= 15 is 0 Å². The van der Waals surface area contributed by atoms with Gasteiger partial charge in [-0.3, -0.25) is 4.84 Å². The molecule has 0 radical (unpaired) electrons. The molecule has 2 aliphatic heterocycles. The highest BCUT2D eigenvalue weighted by molar-refractivity contribution is 4.92. The van der Waals surface area contributed by atoms with Crippen LogP contribution in [-0.2, 0) is 4.84 Å². The normalized spacial score (nSPS) is 32.7. The number of rotatable bonds is 3. The van der Waals surface area contributed by atoms with Gasteiger partial charge in [0.2, 0.25) is 0 Å². The van der Waals surface area contributed by atoms with Gasteiger partial charge in [-0.15, -0.1) is 0 Å². The Kier molecular flexibility index (Phi) is 3.95. The Morgan fingerprint density at radius 1 is 1.40 bits per heavy atom. The Balaban J connectivity index is 1.74. The topological polar surface area (TPSA) is 48.3 Å². The van der Waals surface area contributed by atoms with E-state index in [9.17, 15) is 0 Å². The minimum atomic E-state index is 0.175. The lowest BCUT2D eigenvalue weighted by Gasteiger charge is -2.28. The number of hydroxylamine groups is 2. The van der Waals surface area contributed by atoms with E-state index in [2.05, 4.69) is 11.4 Å². The molecule has 4 nitrogen and oxygen atoms in total. The second-order valence-corrected chi connectivity index (χ2v) is 4.42. The molecule has 2 unspecified atom stereocenters. The Hall–Kier alpha value is -0.630. The minimum absolute atomic E-state index is 0.175. The highest BCUT2D eigenvalue weighted by Crippen LogP contribution is 2.19. The number of nitrogens with one attached hydrogen (secondary N) is 1. The van der Waals surface area contributed by atoms with Crippen molar-refractivity contribution in [2.75, 3.05) is 32.8 Å². The van der Waals surface area contributed by atoms with Crippen LogP contribution >= 0.6 is 0 Å². The van der Waals surface area contributed by atoms with Crippen LogP contribution in [0.1, 0.15) is 19.3 Å². The number of piperidine rings is 1. The average molecular weight is 209 g/mol. The number of hydrogen-bond acceptors (Lipinski definition) is 4. The summed E-state index contributed by atoms with van der Waals surface area (Å²) in [6.45, 7) is 4.70. The van der Waals surface area contributed by atoms with E-state index in [0.29, 0.717) is 12.5 Å². The molecule has 15 heavy (non-hydrogen) atoms. The fourth-order valence-electron chi connectivity index (χ4n) is 2.29. The van der Waals surface area contributed by atoms with Gasteiger partial charge in [-0.1, -0.05) is 0 Å². The Morgan fingerprint density at radius 3 is 2.93 bits per heavy atom. The Bertz CT molecular complexity index is 232. The van der Waals surface area contributed by atoms with E-state index in [0.717, 1.165) is 32.6 Å². The molecule has 0 aliphatic carbocycles. The molecule has 0 aromatic heterocycles. The molecule has 2 fully saturated rings. The van der Waals surface area contributed by atoms with Crippen LogP contribution in [0.3, 0.4) is 0 Å². The molecule has 0 bridgehead atoms. The van der Waals surface area contributed by atoms with Crippen LogP contribution in [0.4, 0.5) is 0 Å². The first-order chi connectivity index (χ1) is 7.40. The second-order valence-electron chi connectivity index (χ2n) is 4.42. The van der Waals surface area contributed by atoms with Gasteiger partial charge in [0.05, 0.1) is 18.6 Å². The van der Waals surface area contributed by atoms with Gasteiger partial charge in [0.1, 0.15) is 0 Å². The van der Waals surface area contributed by atoms with Crippen LogP contribution in [0.2, 0.25) is 0 Å². The predicted molar refractivity (Wildman–Crippen MR) is 56.8 cm³/mol. The highest BCUT2D eigenvalue weighted by Gasteiger charge is 2.26. The summed E-state index contributed by atoms with van der Waals surface area (Å²) in [6.07, 6.45) is 3.44. The van der Waals surface area contributed by atoms with Gasteiger partial charge in [-0.2, -0.15) is 10.3 Å². The van der Waals surface area contributed by atoms with Gasteiger partial charge in [0.15, 0.2) is 0 Å². The first kappa shape index (κ1) is 10.9. The maximum atomic E-state index is 9.01. The van der Waals surface area contributed by atoms with Crippen molar-refractivity contribution in [3.05, 3.63) is 0 Å². The van der Waals surface area contributed by atoms with E-state index < -0.39 is 0 Å². The fourth-order valence-corrected chi connectivity index (χ4v) is 2.29. The molecule has 0 spiro atoms. The summed E-state index contributed by atoms with van der Waals surface area (Å²) in [5.74, 6) is 0.540. The van der Waals surface area contributed by atoms with Crippen molar-refractivity contribution in [3.8, 4) is 6.07 Å². The van der Waals surface area contributed by atoms with E-state index in [4.69, 9.17) is 10.1 Å². The van der Waals surface area contributed by atoms with Gasteiger partial charge < -0.3 is 5.32 Å².